The molecule has 3 heterocycles. The zero-order chi connectivity index (χ0) is 21.8. The van der Waals surface area contributed by atoms with Gasteiger partial charge in [0.2, 0.25) is 0 Å². The van der Waals surface area contributed by atoms with Crippen molar-refractivity contribution in [1.29, 1.82) is 0 Å². The van der Waals surface area contributed by atoms with Crippen LogP contribution in [0.5, 0.6) is 5.75 Å². The molecule has 1 aromatic carbocycles. The Morgan fingerprint density at radius 2 is 1.77 bits per heavy atom. The van der Waals surface area contributed by atoms with E-state index < -0.39 is 5.54 Å². The molecular weight excluding hydrogens is 396 g/mol. The molecule has 4 rings (SSSR count). The van der Waals surface area contributed by atoms with Crippen molar-refractivity contribution in [2.24, 2.45) is 0 Å². The smallest absolute Gasteiger partial charge is 0.325 e. The molecule has 3 aliphatic heterocycles. The number of rotatable bonds is 6. The van der Waals surface area contributed by atoms with Crippen LogP contribution in [0, 0.1) is 0 Å². The van der Waals surface area contributed by atoms with E-state index in [-0.39, 0.29) is 30.5 Å². The minimum Gasteiger partial charge on any atom is -0.484 e. The third-order valence-corrected chi connectivity index (χ3v) is 6.73. The number of piperidine rings is 2. The van der Waals surface area contributed by atoms with Gasteiger partial charge in [-0.1, -0.05) is 25.1 Å². The third-order valence-electron chi connectivity index (χ3n) is 6.73. The van der Waals surface area contributed by atoms with Crippen LogP contribution in [0.4, 0.5) is 4.79 Å². The topological polar surface area (TPSA) is 82.2 Å². The normalized spacial score (nSPS) is 22.1. The molecule has 168 valence electrons. The van der Waals surface area contributed by atoms with E-state index in [9.17, 15) is 14.4 Å². The number of nitrogens with zero attached hydrogens (tertiary/aromatic N) is 3. The van der Waals surface area contributed by atoms with Crippen LogP contribution in [0.3, 0.4) is 0 Å². The molecule has 0 aliphatic carbocycles. The fourth-order valence-electron chi connectivity index (χ4n) is 4.91. The van der Waals surface area contributed by atoms with E-state index in [0.29, 0.717) is 44.5 Å². The average molecular weight is 429 g/mol. The summed E-state index contributed by atoms with van der Waals surface area (Å²) in [5.41, 5.74) is -0.738. The van der Waals surface area contributed by atoms with Crippen molar-refractivity contribution < 1.29 is 19.1 Å². The van der Waals surface area contributed by atoms with E-state index in [1.165, 1.54) is 4.90 Å². The summed E-state index contributed by atoms with van der Waals surface area (Å²) in [6.45, 7) is 5.90. The molecule has 0 atom stereocenters. The lowest BCUT2D eigenvalue weighted by Crippen LogP contribution is -2.55. The number of carbonyl (C=O) groups is 3. The Balaban J connectivity index is 1.29. The first kappa shape index (κ1) is 21.6. The highest BCUT2D eigenvalue weighted by Gasteiger charge is 2.54. The van der Waals surface area contributed by atoms with Gasteiger partial charge in [0.25, 0.3) is 11.8 Å². The number of ether oxygens (including phenoxy) is 1. The molecule has 3 saturated heterocycles. The van der Waals surface area contributed by atoms with Crippen LogP contribution >= 0.6 is 0 Å². The standard InChI is InChI=1S/C23H32N4O4/c1-2-12-25-15-10-23(11-16-25)21(29)27(22(30)24-23)18-8-13-26(14-9-18)20(28)17-31-19-6-4-3-5-7-19/h3-7,18H,2,8-17H2,1H3,(H,24,30). The summed E-state index contributed by atoms with van der Waals surface area (Å²) in [5.74, 6) is 0.519. The highest BCUT2D eigenvalue weighted by molar-refractivity contribution is 6.07. The Labute approximate surface area is 183 Å². The van der Waals surface area contributed by atoms with Crippen LogP contribution in [-0.2, 0) is 9.59 Å². The maximum absolute atomic E-state index is 13.3. The minimum absolute atomic E-state index is 0.00478. The summed E-state index contributed by atoms with van der Waals surface area (Å²) in [5, 5.41) is 3.01. The molecule has 0 bridgehead atoms. The molecular formula is C23H32N4O4. The monoisotopic (exact) mass is 428 g/mol. The zero-order valence-electron chi connectivity index (χ0n) is 18.2. The molecule has 8 nitrogen and oxygen atoms in total. The van der Waals surface area contributed by atoms with E-state index in [1.54, 1.807) is 4.90 Å². The lowest BCUT2D eigenvalue weighted by molar-refractivity contribution is -0.137. The SMILES string of the molecule is CCCN1CCC2(CC1)NC(=O)N(C1CCN(C(=O)COc3ccccc3)CC1)C2=O. The molecule has 1 spiro atoms. The fraction of sp³-hybridized carbons (Fsp3) is 0.609. The summed E-state index contributed by atoms with van der Waals surface area (Å²) in [7, 11) is 0. The van der Waals surface area contributed by atoms with E-state index in [2.05, 4.69) is 17.1 Å². The summed E-state index contributed by atoms with van der Waals surface area (Å²) < 4.78 is 5.56. The molecule has 3 aliphatic rings. The number of urea groups is 1. The summed E-state index contributed by atoms with van der Waals surface area (Å²) >= 11 is 0. The number of imide groups is 1. The van der Waals surface area contributed by atoms with Crippen LogP contribution in [0.1, 0.15) is 39.0 Å². The number of benzene rings is 1. The average Bonchev–Trinajstić information content (AvgIpc) is 3.04. The van der Waals surface area contributed by atoms with Gasteiger partial charge in [0, 0.05) is 32.2 Å². The first-order valence-corrected chi connectivity index (χ1v) is 11.4. The lowest BCUT2D eigenvalue weighted by Gasteiger charge is -2.38. The lowest BCUT2D eigenvalue weighted by atomic mass is 9.87. The molecule has 1 aromatic rings. The maximum atomic E-state index is 13.3. The summed E-state index contributed by atoms with van der Waals surface area (Å²) in [6, 6.07) is 8.84. The number of hydrogen-bond acceptors (Lipinski definition) is 5. The number of amides is 4. The van der Waals surface area contributed by atoms with Gasteiger partial charge >= 0.3 is 6.03 Å². The second kappa shape index (κ2) is 9.26. The van der Waals surface area contributed by atoms with Gasteiger partial charge in [0.05, 0.1) is 0 Å². The number of carbonyl (C=O) groups excluding carboxylic acids is 3. The van der Waals surface area contributed by atoms with Gasteiger partial charge in [-0.05, 0) is 50.8 Å². The van der Waals surface area contributed by atoms with Crippen LogP contribution in [-0.4, -0.2) is 83.5 Å². The van der Waals surface area contributed by atoms with Gasteiger partial charge in [-0.25, -0.2) is 4.79 Å². The number of hydrogen-bond donors (Lipinski definition) is 1. The van der Waals surface area contributed by atoms with Crippen LogP contribution in [0.2, 0.25) is 0 Å². The van der Waals surface area contributed by atoms with E-state index >= 15 is 0 Å². The van der Waals surface area contributed by atoms with Crippen molar-refractivity contribution in [3.63, 3.8) is 0 Å². The highest BCUT2D eigenvalue weighted by atomic mass is 16.5. The molecule has 4 amide bonds. The van der Waals surface area contributed by atoms with Crippen molar-refractivity contribution >= 4 is 17.8 Å². The molecule has 8 heteroatoms. The second-order valence-corrected chi connectivity index (χ2v) is 8.74. The van der Waals surface area contributed by atoms with Crippen LogP contribution in [0.15, 0.2) is 30.3 Å². The number of para-hydroxylation sites is 1. The molecule has 3 fully saturated rings. The second-order valence-electron chi connectivity index (χ2n) is 8.74. The Morgan fingerprint density at radius 1 is 1.10 bits per heavy atom. The third kappa shape index (κ3) is 4.54. The Kier molecular flexibility index (Phi) is 6.46. The molecule has 1 N–H and O–H groups in total. The van der Waals surface area contributed by atoms with Gasteiger partial charge < -0.3 is 19.9 Å². The molecule has 0 radical (unpaired) electrons. The van der Waals surface area contributed by atoms with Crippen molar-refractivity contribution in [3.05, 3.63) is 30.3 Å². The van der Waals surface area contributed by atoms with Crippen molar-refractivity contribution in [2.45, 2.75) is 50.6 Å². The Hall–Kier alpha value is -2.61. The van der Waals surface area contributed by atoms with Crippen molar-refractivity contribution in [2.75, 3.05) is 39.3 Å². The Morgan fingerprint density at radius 3 is 2.42 bits per heavy atom. The first-order chi connectivity index (χ1) is 15.0. The van der Waals surface area contributed by atoms with Gasteiger partial charge in [-0.15, -0.1) is 0 Å². The predicted molar refractivity (Wildman–Crippen MR) is 116 cm³/mol. The fourth-order valence-corrected chi connectivity index (χ4v) is 4.91. The maximum Gasteiger partial charge on any atom is 0.325 e. The van der Waals surface area contributed by atoms with Gasteiger partial charge in [0.15, 0.2) is 6.61 Å². The van der Waals surface area contributed by atoms with E-state index in [4.69, 9.17) is 4.74 Å². The summed E-state index contributed by atoms with van der Waals surface area (Å²) in [6.07, 6.45) is 3.64. The van der Waals surface area contributed by atoms with E-state index in [0.717, 1.165) is 26.1 Å². The first-order valence-electron chi connectivity index (χ1n) is 11.4. The molecule has 0 saturated carbocycles. The van der Waals surface area contributed by atoms with Gasteiger partial charge in [-0.2, -0.15) is 0 Å². The summed E-state index contributed by atoms with van der Waals surface area (Å²) in [4.78, 5) is 44.0. The molecule has 0 unspecified atom stereocenters. The van der Waals surface area contributed by atoms with Crippen LogP contribution < -0.4 is 10.1 Å². The predicted octanol–water partition coefficient (Wildman–Crippen LogP) is 1.85. The zero-order valence-corrected chi connectivity index (χ0v) is 18.2. The van der Waals surface area contributed by atoms with Crippen LogP contribution in [0.25, 0.3) is 0 Å². The van der Waals surface area contributed by atoms with E-state index in [1.807, 2.05) is 30.3 Å². The largest absolute Gasteiger partial charge is 0.484 e. The highest BCUT2D eigenvalue weighted by Crippen LogP contribution is 2.32. The molecule has 0 aromatic heterocycles. The Bertz CT molecular complexity index is 799. The number of likely N-dealkylation sites (tertiary alicyclic amines) is 2. The van der Waals surface area contributed by atoms with Gasteiger partial charge in [-0.3, -0.25) is 14.5 Å². The van der Waals surface area contributed by atoms with Gasteiger partial charge in [0.1, 0.15) is 11.3 Å². The van der Waals surface area contributed by atoms with Crippen molar-refractivity contribution in [3.8, 4) is 5.75 Å². The number of nitrogens with one attached hydrogen (secondary N) is 1. The quantitative estimate of drug-likeness (QED) is 0.700. The minimum atomic E-state index is -0.738. The van der Waals surface area contributed by atoms with Crippen molar-refractivity contribution in [1.82, 2.24) is 20.0 Å². The molecule has 31 heavy (non-hydrogen) atoms.